The Morgan fingerprint density at radius 3 is 2.66 bits per heavy atom. The Morgan fingerprint density at radius 2 is 2.02 bits per heavy atom. The summed E-state index contributed by atoms with van der Waals surface area (Å²) in [5.74, 6) is -0.654. The number of anilines is 2. The average Bonchev–Trinajstić information content (AvgIpc) is 3.73. The first kappa shape index (κ1) is 31.5. The fraction of sp³-hybridized carbons (Fsp3) is 0.548. The van der Waals surface area contributed by atoms with Crippen LogP contribution in [0, 0.1) is 22.6 Å². The summed E-state index contributed by atoms with van der Waals surface area (Å²) in [6.45, 7) is 7.54. The summed E-state index contributed by atoms with van der Waals surface area (Å²) in [5, 5.41) is 9.47. The lowest BCUT2D eigenvalue weighted by Crippen LogP contribution is -2.55. The van der Waals surface area contributed by atoms with E-state index in [1.807, 2.05) is 19.0 Å². The Balaban J connectivity index is 1.53. The van der Waals surface area contributed by atoms with Crippen molar-refractivity contribution in [3.8, 4) is 12.1 Å². The second-order valence-corrected chi connectivity index (χ2v) is 12.3. The summed E-state index contributed by atoms with van der Waals surface area (Å²) in [7, 11) is 3.99. The fourth-order valence-corrected chi connectivity index (χ4v) is 6.37. The third kappa shape index (κ3) is 6.45. The first-order chi connectivity index (χ1) is 20.9. The van der Waals surface area contributed by atoms with Crippen LogP contribution in [0.15, 0.2) is 30.9 Å². The van der Waals surface area contributed by atoms with E-state index in [4.69, 9.17) is 9.72 Å². The highest BCUT2D eigenvalue weighted by atomic mass is 19.4. The Labute approximate surface area is 254 Å². The van der Waals surface area contributed by atoms with E-state index in [1.165, 1.54) is 11.0 Å². The van der Waals surface area contributed by atoms with Crippen LogP contribution in [0.5, 0.6) is 6.01 Å². The molecule has 5 rings (SSSR count). The molecule has 1 saturated carbocycles. The molecule has 1 aromatic heterocycles. The van der Waals surface area contributed by atoms with Crippen LogP contribution < -0.4 is 14.5 Å². The predicted molar refractivity (Wildman–Crippen MR) is 157 cm³/mol. The Bertz CT molecular complexity index is 1450. The second kappa shape index (κ2) is 12.2. The van der Waals surface area contributed by atoms with Gasteiger partial charge in [-0.2, -0.15) is 28.4 Å². The minimum Gasteiger partial charge on any atom is -0.463 e. The van der Waals surface area contributed by atoms with E-state index in [9.17, 15) is 23.2 Å². The van der Waals surface area contributed by atoms with Crippen molar-refractivity contribution in [1.29, 1.82) is 5.26 Å². The van der Waals surface area contributed by atoms with Crippen LogP contribution in [0.25, 0.3) is 0 Å². The van der Waals surface area contributed by atoms with Gasteiger partial charge in [-0.15, -0.1) is 0 Å². The van der Waals surface area contributed by atoms with Gasteiger partial charge in [0.15, 0.2) is 0 Å². The number of amides is 1. The number of hydrogen-bond acceptors (Lipinski definition) is 8. The van der Waals surface area contributed by atoms with Gasteiger partial charge >= 0.3 is 12.2 Å². The molecule has 2 fully saturated rings. The Morgan fingerprint density at radius 1 is 1.27 bits per heavy atom. The summed E-state index contributed by atoms with van der Waals surface area (Å²) >= 11 is 0. The molecule has 44 heavy (non-hydrogen) atoms. The number of nitrogens with zero attached hydrogens (tertiary/aromatic N) is 7. The molecule has 1 aromatic carbocycles. The maximum atomic E-state index is 15.1. The summed E-state index contributed by atoms with van der Waals surface area (Å²) in [5.41, 5.74) is -0.375. The zero-order chi connectivity index (χ0) is 31.8. The van der Waals surface area contributed by atoms with Crippen LogP contribution >= 0.6 is 0 Å². The highest BCUT2D eigenvalue weighted by Gasteiger charge is 2.45. The van der Waals surface area contributed by atoms with Crippen LogP contribution in [0.1, 0.15) is 43.0 Å². The van der Waals surface area contributed by atoms with Gasteiger partial charge in [-0.1, -0.05) is 12.6 Å². The maximum Gasteiger partial charge on any atom is 0.418 e. The quantitative estimate of drug-likeness (QED) is 0.303. The lowest BCUT2D eigenvalue weighted by Gasteiger charge is -2.43. The van der Waals surface area contributed by atoms with Gasteiger partial charge < -0.3 is 24.3 Å². The molecule has 2 atom stereocenters. The lowest BCUT2D eigenvalue weighted by molar-refractivity contribution is -0.137. The molecule has 2 aromatic rings. The number of fused-ring (bicyclic) bond motifs is 1. The number of ether oxygens (including phenoxy) is 1. The minimum atomic E-state index is -4.74. The minimum absolute atomic E-state index is 0.0210. The second-order valence-electron chi connectivity index (χ2n) is 12.3. The fourth-order valence-electron chi connectivity index (χ4n) is 6.37. The SMILES string of the molecule is C=CC(=O)N1CCN(c2nc(OCC3(CN(C)C)CC3)nc3c2CC(C)N(c2c(F)cccc2C(F)(F)F)C3)CC1CC#N. The standard InChI is InChI=1S/C31H37F4N7O2/c1-5-26(43)41-14-13-40(16-21(41)9-12-36)28-22-15-20(2)42(27-23(31(33,34)35)7-6-8-24(27)32)17-25(22)37-29(38-28)44-19-30(10-11-30)18-39(3)4/h5-8,20-21H,1,9-11,13-19H2,2-4H3. The maximum absolute atomic E-state index is 15.1. The van der Waals surface area contributed by atoms with E-state index in [-0.39, 0.29) is 36.7 Å². The molecule has 1 amide bonds. The number of nitriles is 1. The third-order valence-electron chi connectivity index (χ3n) is 8.66. The number of alkyl halides is 3. The molecule has 1 saturated heterocycles. The van der Waals surface area contributed by atoms with E-state index in [1.54, 1.807) is 11.8 Å². The van der Waals surface area contributed by atoms with Gasteiger partial charge in [0, 0.05) is 43.2 Å². The van der Waals surface area contributed by atoms with Crippen LogP contribution in [0.3, 0.4) is 0 Å². The van der Waals surface area contributed by atoms with E-state index >= 15 is 4.39 Å². The van der Waals surface area contributed by atoms with Gasteiger partial charge in [0.2, 0.25) is 5.91 Å². The summed E-state index contributed by atoms with van der Waals surface area (Å²) in [6, 6.07) is 4.32. The number of para-hydroxylation sites is 1. The smallest absolute Gasteiger partial charge is 0.418 e. The first-order valence-corrected chi connectivity index (χ1v) is 14.7. The lowest BCUT2D eigenvalue weighted by atomic mass is 9.96. The molecule has 2 unspecified atom stereocenters. The molecule has 0 N–H and O–H groups in total. The van der Waals surface area contributed by atoms with Crippen molar-refractivity contribution in [1.82, 2.24) is 19.8 Å². The van der Waals surface area contributed by atoms with Crippen molar-refractivity contribution < 1.29 is 27.1 Å². The number of halogens is 4. The molecular weight excluding hydrogens is 578 g/mol. The van der Waals surface area contributed by atoms with Gasteiger partial charge in [-0.05, 0) is 58.5 Å². The zero-order valence-corrected chi connectivity index (χ0v) is 25.2. The van der Waals surface area contributed by atoms with Gasteiger partial charge in [-0.3, -0.25) is 4.79 Å². The summed E-state index contributed by atoms with van der Waals surface area (Å²) in [4.78, 5) is 29.1. The van der Waals surface area contributed by atoms with Crippen molar-refractivity contribution in [3.63, 3.8) is 0 Å². The number of piperazine rings is 1. The van der Waals surface area contributed by atoms with E-state index in [0.717, 1.165) is 43.1 Å². The van der Waals surface area contributed by atoms with Gasteiger partial charge in [0.05, 0.1) is 48.6 Å². The highest BCUT2D eigenvalue weighted by molar-refractivity contribution is 5.87. The predicted octanol–water partition coefficient (Wildman–Crippen LogP) is 4.42. The van der Waals surface area contributed by atoms with Crippen LogP contribution in [-0.4, -0.2) is 84.6 Å². The number of carbonyl (C=O) groups excluding carboxylic acids is 1. The van der Waals surface area contributed by atoms with Crippen molar-refractivity contribution >= 4 is 17.4 Å². The van der Waals surface area contributed by atoms with Crippen LogP contribution in [-0.2, 0) is 23.9 Å². The van der Waals surface area contributed by atoms with E-state index in [0.29, 0.717) is 37.8 Å². The largest absolute Gasteiger partial charge is 0.463 e. The van der Waals surface area contributed by atoms with Gasteiger partial charge in [0.25, 0.3) is 0 Å². The Kier molecular flexibility index (Phi) is 8.75. The zero-order valence-electron chi connectivity index (χ0n) is 25.2. The average molecular weight is 616 g/mol. The Hall–Kier alpha value is -3.92. The van der Waals surface area contributed by atoms with Gasteiger partial charge in [-0.25, -0.2) is 4.39 Å². The summed E-state index contributed by atoms with van der Waals surface area (Å²) < 4.78 is 63.3. The van der Waals surface area contributed by atoms with Gasteiger partial charge in [0.1, 0.15) is 11.6 Å². The molecule has 3 heterocycles. The molecule has 236 valence electrons. The topological polar surface area (TPSA) is 88.8 Å². The first-order valence-electron chi connectivity index (χ1n) is 14.7. The summed E-state index contributed by atoms with van der Waals surface area (Å²) in [6.07, 6.45) is -1.15. The molecule has 0 spiro atoms. The molecule has 9 nitrogen and oxygen atoms in total. The normalized spacial score (nSPS) is 21.1. The number of carbonyl (C=O) groups is 1. The number of hydrogen-bond donors (Lipinski definition) is 0. The third-order valence-corrected chi connectivity index (χ3v) is 8.66. The number of benzene rings is 1. The van der Waals surface area contributed by atoms with Crippen LogP contribution in [0.4, 0.5) is 29.1 Å². The molecule has 2 aliphatic heterocycles. The van der Waals surface area contributed by atoms with Crippen molar-refractivity contribution in [2.75, 3.05) is 56.7 Å². The van der Waals surface area contributed by atoms with E-state index in [2.05, 4.69) is 22.5 Å². The monoisotopic (exact) mass is 615 g/mol. The van der Waals surface area contributed by atoms with E-state index < -0.39 is 35.3 Å². The molecular formula is C31H37F4N7O2. The molecule has 0 radical (unpaired) electrons. The van der Waals surface area contributed by atoms with Crippen molar-refractivity contribution in [2.24, 2.45) is 5.41 Å². The van der Waals surface area contributed by atoms with Crippen molar-refractivity contribution in [2.45, 2.75) is 57.4 Å². The number of aromatic nitrogens is 2. The molecule has 1 aliphatic carbocycles. The molecule has 13 heteroatoms. The van der Waals surface area contributed by atoms with Crippen LogP contribution in [0.2, 0.25) is 0 Å². The number of rotatable bonds is 9. The van der Waals surface area contributed by atoms with Crippen molar-refractivity contribution in [3.05, 3.63) is 53.5 Å². The molecule has 3 aliphatic rings. The molecule has 0 bridgehead atoms. The highest BCUT2D eigenvalue weighted by Crippen LogP contribution is 2.46.